The fourth-order valence-electron chi connectivity index (χ4n) is 2.12. The summed E-state index contributed by atoms with van der Waals surface area (Å²) in [5, 5.41) is 12.9. The lowest BCUT2D eigenvalue weighted by Gasteiger charge is -2.22. The smallest absolute Gasteiger partial charge is 0.0705 e. The molecule has 1 heterocycles. The first-order valence-electron chi connectivity index (χ1n) is 5.69. The SMILES string of the molecule is CC(C)CN(C)CCC1NCCC1O. The lowest BCUT2D eigenvalue weighted by molar-refractivity contribution is 0.147. The first kappa shape index (κ1) is 12.0. The van der Waals surface area contributed by atoms with Gasteiger partial charge in [0.2, 0.25) is 0 Å². The van der Waals surface area contributed by atoms with Gasteiger partial charge in [-0.05, 0) is 38.9 Å². The van der Waals surface area contributed by atoms with Crippen molar-refractivity contribution in [3.63, 3.8) is 0 Å². The Bertz CT molecular complexity index is 161. The van der Waals surface area contributed by atoms with Gasteiger partial charge in [-0.15, -0.1) is 0 Å². The van der Waals surface area contributed by atoms with E-state index in [0.29, 0.717) is 6.04 Å². The third-order valence-electron chi connectivity index (χ3n) is 2.81. The molecule has 0 radical (unpaired) electrons. The summed E-state index contributed by atoms with van der Waals surface area (Å²) in [5.74, 6) is 0.724. The van der Waals surface area contributed by atoms with E-state index in [2.05, 4.69) is 31.1 Å². The summed E-state index contributed by atoms with van der Waals surface area (Å²) in [6.07, 6.45) is 1.85. The first-order chi connectivity index (χ1) is 6.59. The van der Waals surface area contributed by atoms with E-state index >= 15 is 0 Å². The molecular formula is C11H24N2O. The molecule has 0 amide bonds. The Morgan fingerprint density at radius 3 is 2.71 bits per heavy atom. The van der Waals surface area contributed by atoms with Gasteiger partial charge in [0.1, 0.15) is 0 Å². The standard InChI is InChI=1S/C11H24N2O/c1-9(2)8-13(3)7-5-10-11(14)4-6-12-10/h9-12,14H,4-8H2,1-3H3. The maximum Gasteiger partial charge on any atom is 0.0705 e. The zero-order valence-corrected chi connectivity index (χ0v) is 9.66. The largest absolute Gasteiger partial charge is 0.391 e. The minimum Gasteiger partial charge on any atom is -0.391 e. The van der Waals surface area contributed by atoms with E-state index in [-0.39, 0.29) is 6.10 Å². The summed E-state index contributed by atoms with van der Waals surface area (Å²) in [7, 11) is 2.15. The molecule has 1 aliphatic rings. The molecule has 0 aromatic heterocycles. The second-order valence-electron chi connectivity index (χ2n) is 4.86. The van der Waals surface area contributed by atoms with Crippen LogP contribution in [0.4, 0.5) is 0 Å². The Morgan fingerprint density at radius 1 is 1.50 bits per heavy atom. The Kier molecular flexibility index (Phi) is 4.85. The van der Waals surface area contributed by atoms with Gasteiger partial charge >= 0.3 is 0 Å². The highest BCUT2D eigenvalue weighted by atomic mass is 16.3. The van der Waals surface area contributed by atoms with Crippen LogP contribution in [-0.2, 0) is 0 Å². The lowest BCUT2D eigenvalue weighted by atomic mass is 10.1. The zero-order valence-electron chi connectivity index (χ0n) is 9.66. The molecule has 0 aromatic rings. The molecule has 84 valence electrons. The van der Waals surface area contributed by atoms with E-state index in [1.165, 1.54) is 0 Å². The molecule has 14 heavy (non-hydrogen) atoms. The highest BCUT2D eigenvalue weighted by molar-refractivity contribution is 4.83. The fraction of sp³-hybridized carbons (Fsp3) is 1.00. The zero-order chi connectivity index (χ0) is 10.6. The van der Waals surface area contributed by atoms with Crippen LogP contribution in [-0.4, -0.2) is 48.8 Å². The predicted molar refractivity (Wildman–Crippen MR) is 59.4 cm³/mol. The molecule has 0 aromatic carbocycles. The number of nitrogens with zero attached hydrogens (tertiary/aromatic N) is 1. The van der Waals surface area contributed by atoms with Crippen LogP contribution >= 0.6 is 0 Å². The summed E-state index contributed by atoms with van der Waals surface area (Å²) in [6.45, 7) is 7.66. The molecule has 0 aliphatic carbocycles. The molecule has 0 spiro atoms. The van der Waals surface area contributed by atoms with Crippen molar-refractivity contribution in [1.82, 2.24) is 10.2 Å². The highest BCUT2D eigenvalue weighted by Gasteiger charge is 2.24. The van der Waals surface area contributed by atoms with Crippen molar-refractivity contribution < 1.29 is 5.11 Å². The van der Waals surface area contributed by atoms with E-state index in [0.717, 1.165) is 38.4 Å². The second kappa shape index (κ2) is 5.69. The average molecular weight is 200 g/mol. The van der Waals surface area contributed by atoms with E-state index in [9.17, 15) is 5.11 Å². The molecule has 0 saturated carbocycles. The third kappa shape index (κ3) is 3.95. The number of aliphatic hydroxyl groups is 1. The maximum atomic E-state index is 9.60. The van der Waals surface area contributed by atoms with Crippen LogP contribution in [0.1, 0.15) is 26.7 Å². The minimum atomic E-state index is -0.123. The van der Waals surface area contributed by atoms with Gasteiger partial charge < -0.3 is 15.3 Å². The summed E-state index contributed by atoms with van der Waals surface area (Å²) in [6, 6.07) is 0.324. The summed E-state index contributed by atoms with van der Waals surface area (Å²) >= 11 is 0. The summed E-state index contributed by atoms with van der Waals surface area (Å²) in [5.41, 5.74) is 0. The third-order valence-corrected chi connectivity index (χ3v) is 2.81. The molecule has 1 rings (SSSR count). The molecule has 3 nitrogen and oxygen atoms in total. The Labute approximate surface area is 87.5 Å². The van der Waals surface area contributed by atoms with Crippen molar-refractivity contribution in [3.05, 3.63) is 0 Å². The van der Waals surface area contributed by atoms with Gasteiger partial charge in [0.05, 0.1) is 6.10 Å². The van der Waals surface area contributed by atoms with Crippen LogP contribution in [0, 0.1) is 5.92 Å². The van der Waals surface area contributed by atoms with E-state index in [1.807, 2.05) is 0 Å². The second-order valence-corrected chi connectivity index (χ2v) is 4.86. The Hall–Kier alpha value is -0.120. The number of hydrogen-bond donors (Lipinski definition) is 2. The van der Waals surface area contributed by atoms with Crippen molar-refractivity contribution in [3.8, 4) is 0 Å². The molecule has 1 saturated heterocycles. The van der Waals surface area contributed by atoms with Gasteiger partial charge in [0.15, 0.2) is 0 Å². The summed E-state index contributed by atoms with van der Waals surface area (Å²) in [4.78, 5) is 2.34. The quantitative estimate of drug-likeness (QED) is 0.685. The number of aliphatic hydroxyl groups excluding tert-OH is 1. The molecule has 2 atom stereocenters. The van der Waals surface area contributed by atoms with Crippen molar-refractivity contribution in [2.45, 2.75) is 38.8 Å². The van der Waals surface area contributed by atoms with Crippen LogP contribution in [0.15, 0.2) is 0 Å². The van der Waals surface area contributed by atoms with Crippen molar-refractivity contribution >= 4 is 0 Å². The van der Waals surface area contributed by atoms with Crippen molar-refractivity contribution in [1.29, 1.82) is 0 Å². The first-order valence-corrected chi connectivity index (χ1v) is 5.69. The predicted octanol–water partition coefficient (Wildman–Crippen LogP) is 0.687. The molecule has 3 heteroatoms. The van der Waals surface area contributed by atoms with E-state index < -0.39 is 0 Å². The monoisotopic (exact) mass is 200 g/mol. The van der Waals surface area contributed by atoms with Gasteiger partial charge in [0.25, 0.3) is 0 Å². The van der Waals surface area contributed by atoms with Crippen LogP contribution in [0.25, 0.3) is 0 Å². The topological polar surface area (TPSA) is 35.5 Å². The van der Waals surface area contributed by atoms with E-state index in [1.54, 1.807) is 0 Å². The van der Waals surface area contributed by atoms with Crippen LogP contribution in [0.3, 0.4) is 0 Å². The van der Waals surface area contributed by atoms with Crippen molar-refractivity contribution in [2.24, 2.45) is 5.92 Å². The normalized spacial score (nSPS) is 27.9. The van der Waals surface area contributed by atoms with Gasteiger partial charge in [-0.1, -0.05) is 13.8 Å². The van der Waals surface area contributed by atoms with E-state index in [4.69, 9.17) is 0 Å². The van der Waals surface area contributed by atoms with Crippen LogP contribution in [0.2, 0.25) is 0 Å². The maximum absolute atomic E-state index is 9.60. The van der Waals surface area contributed by atoms with Gasteiger partial charge in [-0.25, -0.2) is 0 Å². The molecule has 2 unspecified atom stereocenters. The minimum absolute atomic E-state index is 0.123. The lowest BCUT2D eigenvalue weighted by Crippen LogP contribution is -2.35. The van der Waals surface area contributed by atoms with Gasteiger partial charge in [0, 0.05) is 12.6 Å². The number of nitrogens with one attached hydrogen (secondary N) is 1. The van der Waals surface area contributed by atoms with Gasteiger partial charge in [-0.3, -0.25) is 0 Å². The highest BCUT2D eigenvalue weighted by Crippen LogP contribution is 2.10. The Balaban J connectivity index is 2.13. The number of hydrogen-bond acceptors (Lipinski definition) is 3. The molecule has 1 fully saturated rings. The average Bonchev–Trinajstić information content (AvgIpc) is 2.46. The van der Waals surface area contributed by atoms with Crippen LogP contribution < -0.4 is 5.32 Å². The molecular weight excluding hydrogens is 176 g/mol. The molecule has 1 aliphatic heterocycles. The number of rotatable bonds is 5. The van der Waals surface area contributed by atoms with Crippen molar-refractivity contribution in [2.75, 3.05) is 26.7 Å². The molecule has 0 bridgehead atoms. The Morgan fingerprint density at radius 2 is 2.21 bits per heavy atom. The molecule has 2 N–H and O–H groups in total. The fourth-order valence-corrected chi connectivity index (χ4v) is 2.12. The van der Waals surface area contributed by atoms with Crippen LogP contribution in [0.5, 0.6) is 0 Å². The van der Waals surface area contributed by atoms with Gasteiger partial charge in [-0.2, -0.15) is 0 Å². The summed E-state index contributed by atoms with van der Waals surface area (Å²) < 4.78 is 0.